The fourth-order valence-electron chi connectivity index (χ4n) is 1.37. The lowest BCUT2D eigenvalue weighted by molar-refractivity contribution is 0.169. The Labute approximate surface area is 71.5 Å². The number of allylic oxidation sites excluding steroid dienone is 2. The second-order valence-corrected chi connectivity index (χ2v) is 2.83. The lowest BCUT2D eigenvalue weighted by atomic mass is 9.95. The van der Waals surface area contributed by atoms with Gasteiger partial charge in [-0.05, 0) is 12.5 Å². The predicted molar refractivity (Wildman–Crippen MR) is 45.7 cm³/mol. The molecule has 1 unspecified atom stereocenters. The van der Waals surface area contributed by atoms with Crippen LogP contribution in [-0.4, -0.2) is 18.8 Å². The van der Waals surface area contributed by atoms with E-state index in [4.69, 9.17) is 21.3 Å². The van der Waals surface area contributed by atoms with Gasteiger partial charge in [-0.3, -0.25) is 0 Å². The van der Waals surface area contributed by atoms with Gasteiger partial charge in [0.15, 0.2) is 0 Å². The smallest absolute Gasteiger partial charge is 0.124 e. The zero-order chi connectivity index (χ0) is 9.14. The Morgan fingerprint density at radius 3 is 2.83 bits per heavy atom. The molecule has 1 rings (SSSR count). The standard InChI is InChI=1S/C8H14N2O2/c1-12-8-5(4-11)2-6(9)3-7(8)10/h3,5,11H,2,4,9-10H2,1H3. The maximum Gasteiger partial charge on any atom is 0.124 e. The topological polar surface area (TPSA) is 81.5 Å². The number of hydrogen-bond acceptors (Lipinski definition) is 4. The Hall–Kier alpha value is -1.16. The molecule has 0 amide bonds. The lowest BCUT2D eigenvalue weighted by Gasteiger charge is -2.22. The van der Waals surface area contributed by atoms with Crippen molar-refractivity contribution in [3.8, 4) is 0 Å². The monoisotopic (exact) mass is 170 g/mol. The second-order valence-electron chi connectivity index (χ2n) is 2.83. The molecule has 4 nitrogen and oxygen atoms in total. The molecule has 0 aliphatic heterocycles. The zero-order valence-electron chi connectivity index (χ0n) is 7.08. The van der Waals surface area contributed by atoms with Gasteiger partial charge >= 0.3 is 0 Å². The highest BCUT2D eigenvalue weighted by atomic mass is 16.5. The van der Waals surface area contributed by atoms with Crippen molar-refractivity contribution in [2.45, 2.75) is 6.42 Å². The molecule has 0 aromatic rings. The van der Waals surface area contributed by atoms with Gasteiger partial charge in [0.05, 0.1) is 19.4 Å². The second kappa shape index (κ2) is 3.49. The number of methoxy groups -OCH3 is 1. The van der Waals surface area contributed by atoms with Crippen LogP contribution in [0.1, 0.15) is 6.42 Å². The van der Waals surface area contributed by atoms with Crippen molar-refractivity contribution < 1.29 is 9.84 Å². The number of nitrogens with two attached hydrogens (primary N) is 2. The van der Waals surface area contributed by atoms with Crippen LogP contribution in [0, 0.1) is 5.92 Å². The van der Waals surface area contributed by atoms with Gasteiger partial charge < -0.3 is 21.3 Å². The summed E-state index contributed by atoms with van der Waals surface area (Å²) in [6, 6.07) is 0. The van der Waals surface area contributed by atoms with Gasteiger partial charge in [-0.15, -0.1) is 0 Å². The molecule has 68 valence electrons. The molecule has 4 heteroatoms. The quantitative estimate of drug-likeness (QED) is 0.529. The molecule has 0 fully saturated rings. The van der Waals surface area contributed by atoms with Crippen molar-refractivity contribution >= 4 is 0 Å². The summed E-state index contributed by atoms with van der Waals surface area (Å²) in [6.07, 6.45) is 2.28. The zero-order valence-corrected chi connectivity index (χ0v) is 7.08. The van der Waals surface area contributed by atoms with Crippen molar-refractivity contribution in [1.29, 1.82) is 0 Å². The van der Waals surface area contributed by atoms with Crippen LogP contribution in [0.3, 0.4) is 0 Å². The predicted octanol–water partition coefficient (Wildman–Crippen LogP) is -0.342. The van der Waals surface area contributed by atoms with E-state index >= 15 is 0 Å². The van der Waals surface area contributed by atoms with E-state index in [1.165, 1.54) is 0 Å². The molecule has 0 saturated carbocycles. The molecule has 1 aliphatic rings. The Morgan fingerprint density at radius 1 is 1.67 bits per heavy atom. The number of aliphatic hydroxyl groups excluding tert-OH is 1. The van der Waals surface area contributed by atoms with Crippen LogP contribution in [-0.2, 0) is 4.74 Å². The van der Waals surface area contributed by atoms with Crippen LogP contribution in [0.5, 0.6) is 0 Å². The minimum Gasteiger partial charge on any atom is -0.499 e. The highest BCUT2D eigenvalue weighted by Gasteiger charge is 2.21. The van der Waals surface area contributed by atoms with Crippen LogP contribution in [0.25, 0.3) is 0 Å². The van der Waals surface area contributed by atoms with Gasteiger partial charge in [0, 0.05) is 11.6 Å². The first-order valence-corrected chi connectivity index (χ1v) is 3.79. The molecule has 0 radical (unpaired) electrons. The van der Waals surface area contributed by atoms with E-state index in [0.717, 1.165) is 0 Å². The maximum atomic E-state index is 8.98. The van der Waals surface area contributed by atoms with E-state index in [1.807, 2.05) is 0 Å². The summed E-state index contributed by atoms with van der Waals surface area (Å²) in [4.78, 5) is 0. The van der Waals surface area contributed by atoms with Crippen molar-refractivity contribution in [2.75, 3.05) is 13.7 Å². The van der Waals surface area contributed by atoms with Crippen molar-refractivity contribution in [3.63, 3.8) is 0 Å². The molecular weight excluding hydrogens is 156 g/mol. The summed E-state index contributed by atoms with van der Waals surface area (Å²) in [5, 5.41) is 8.98. The molecule has 0 bridgehead atoms. The molecule has 0 spiro atoms. The van der Waals surface area contributed by atoms with E-state index in [-0.39, 0.29) is 12.5 Å². The molecule has 1 atom stereocenters. The molecular formula is C8H14N2O2. The van der Waals surface area contributed by atoms with E-state index < -0.39 is 0 Å². The molecule has 0 aromatic carbocycles. The third-order valence-corrected chi connectivity index (χ3v) is 1.92. The van der Waals surface area contributed by atoms with Crippen LogP contribution in [0.15, 0.2) is 23.2 Å². The molecule has 0 heterocycles. The average Bonchev–Trinajstić information content (AvgIpc) is 2.03. The number of aliphatic hydroxyl groups is 1. The summed E-state index contributed by atoms with van der Waals surface area (Å²) in [7, 11) is 1.54. The van der Waals surface area contributed by atoms with Crippen molar-refractivity contribution in [3.05, 3.63) is 23.2 Å². The Bertz CT molecular complexity index is 233. The van der Waals surface area contributed by atoms with Gasteiger partial charge in [0.25, 0.3) is 0 Å². The highest BCUT2D eigenvalue weighted by molar-refractivity contribution is 5.29. The fourth-order valence-corrected chi connectivity index (χ4v) is 1.37. The summed E-state index contributed by atoms with van der Waals surface area (Å²) in [6.45, 7) is 0.0123. The third-order valence-electron chi connectivity index (χ3n) is 1.92. The first kappa shape index (κ1) is 8.93. The summed E-state index contributed by atoms with van der Waals surface area (Å²) in [5.74, 6) is 0.548. The van der Waals surface area contributed by atoms with Gasteiger partial charge in [-0.25, -0.2) is 0 Å². The van der Waals surface area contributed by atoms with Gasteiger partial charge in [0.2, 0.25) is 0 Å². The molecule has 0 aromatic heterocycles. The van der Waals surface area contributed by atoms with Crippen LogP contribution >= 0.6 is 0 Å². The summed E-state index contributed by atoms with van der Waals surface area (Å²) < 4.78 is 5.05. The number of hydrogen-bond donors (Lipinski definition) is 3. The molecule has 5 N–H and O–H groups in total. The van der Waals surface area contributed by atoms with Gasteiger partial charge in [-0.1, -0.05) is 0 Å². The first-order valence-electron chi connectivity index (χ1n) is 3.79. The fraction of sp³-hybridized carbons (Fsp3) is 0.500. The SMILES string of the molecule is COC1=C(N)C=C(N)CC1CO. The average molecular weight is 170 g/mol. The van der Waals surface area contributed by atoms with E-state index in [9.17, 15) is 0 Å². The van der Waals surface area contributed by atoms with Crippen LogP contribution in [0.2, 0.25) is 0 Å². The Balaban J connectivity index is 2.91. The largest absolute Gasteiger partial charge is 0.499 e. The minimum atomic E-state index is -0.0833. The molecule has 0 saturated heterocycles. The Morgan fingerprint density at radius 2 is 2.33 bits per heavy atom. The number of rotatable bonds is 2. The first-order chi connectivity index (χ1) is 5.69. The Kier molecular flexibility index (Phi) is 2.60. The van der Waals surface area contributed by atoms with Gasteiger partial charge in [0.1, 0.15) is 5.76 Å². The molecule has 1 aliphatic carbocycles. The van der Waals surface area contributed by atoms with Gasteiger partial charge in [-0.2, -0.15) is 0 Å². The minimum absolute atomic E-state index is 0.0123. The third kappa shape index (κ3) is 1.53. The van der Waals surface area contributed by atoms with Crippen LogP contribution in [0.4, 0.5) is 0 Å². The highest BCUT2D eigenvalue weighted by Crippen LogP contribution is 2.25. The van der Waals surface area contributed by atoms with Crippen molar-refractivity contribution in [2.24, 2.45) is 17.4 Å². The normalized spacial score (nSPS) is 23.8. The summed E-state index contributed by atoms with van der Waals surface area (Å²) >= 11 is 0. The van der Waals surface area contributed by atoms with Crippen LogP contribution < -0.4 is 11.5 Å². The maximum absolute atomic E-state index is 8.98. The van der Waals surface area contributed by atoms with E-state index in [1.54, 1.807) is 13.2 Å². The van der Waals surface area contributed by atoms with E-state index in [2.05, 4.69) is 0 Å². The summed E-state index contributed by atoms with van der Waals surface area (Å²) in [5.41, 5.74) is 12.4. The number of ether oxygens (including phenoxy) is 1. The van der Waals surface area contributed by atoms with E-state index in [0.29, 0.717) is 23.6 Å². The molecule has 12 heavy (non-hydrogen) atoms. The lowest BCUT2D eigenvalue weighted by Crippen LogP contribution is -2.22. The van der Waals surface area contributed by atoms with Crippen molar-refractivity contribution in [1.82, 2.24) is 0 Å².